The van der Waals surface area contributed by atoms with E-state index in [2.05, 4.69) is 65.9 Å². The molecule has 1 aliphatic heterocycles. The lowest BCUT2D eigenvalue weighted by Gasteiger charge is -2.42. The Labute approximate surface area is 118 Å². The summed E-state index contributed by atoms with van der Waals surface area (Å²) in [5.74, 6) is 0.106. The van der Waals surface area contributed by atoms with Crippen molar-refractivity contribution in [3.63, 3.8) is 0 Å². The summed E-state index contributed by atoms with van der Waals surface area (Å²) in [5.41, 5.74) is 2.66. The number of nitrogens with zero attached hydrogens (tertiary/aromatic N) is 2. The maximum absolute atomic E-state index is 9.32. The van der Waals surface area contributed by atoms with Gasteiger partial charge >= 0.3 is 0 Å². The highest BCUT2D eigenvalue weighted by molar-refractivity contribution is 9.10. The van der Waals surface area contributed by atoms with E-state index in [0.717, 1.165) is 24.0 Å². The quantitative estimate of drug-likeness (QED) is 0.780. The minimum Gasteiger partial charge on any atom is -0.370 e. The maximum Gasteiger partial charge on any atom is 0.0690 e. The third kappa shape index (κ3) is 2.54. The Morgan fingerprint density at radius 3 is 2.78 bits per heavy atom. The molecule has 1 aromatic carbocycles. The van der Waals surface area contributed by atoms with Crippen molar-refractivity contribution in [1.82, 2.24) is 0 Å². The van der Waals surface area contributed by atoms with Crippen molar-refractivity contribution < 1.29 is 0 Å². The number of benzene rings is 1. The predicted octanol–water partition coefficient (Wildman–Crippen LogP) is 4.13. The van der Waals surface area contributed by atoms with Gasteiger partial charge in [0.05, 0.1) is 12.0 Å². The van der Waals surface area contributed by atoms with Crippen molar-refractivity contribution in [2.75, 3.05) is 18.0 Å². The Morgan fingerprint density at radius 1 is 1.44 bits per heavy atom. The van der Waals surface area contributed by atoms with Crippen LogP contribution in [0.1, 0.15) is 25.8 Å². The average molecular weight is 307 g/mol. The van der Waals surface area contributed by atoms with Crippen LogP contribution in [-0.4, -0.2) is 13.1 Å². The molecular weight excluding hydrogens is 288 g/mol. The minimum atomic E-state index is 0.106. The van der Waals surface area contributed by atoms with E-state index in [0.29, 0.717) is 0 Å². The van der Waals surface area contributed by atoms with Crippen LogP contribution in [0.4, 0.5) is 5.69 Å². The van der Waals surface area contributed by atoms with Crippen LogP contribution in [0.5, 0.6) is 0 Å². The molecule has 96 valence electrons. The minimum absolute atomic E-state index is 0.106. The fourth-order valence-corrected chi connectivity index (χ4v) is 3.04. The molecule has 0 saturated carbocycles. The first-order valence-corrected chi connectivity index (χ1v) is 7.14. The predicted molar refractivity (Wildman–Crippen MR) is 78.6 cm³/mol. The van der Waals surface area contributed by atoms with Crippen molar-refractivity contribution >= 4 is 21.6 Å². The Morgan fingerprint density at radius 2 is 2.17 bits per heavy atom. The van der Waals surface area contributed by atoms with Gasteiger partial charge in [-0.15, -0.1) is 0 Å². The molecule has 0 amide bonds. The summed E-state index contributed by atoms with van der Waals surface area (Å²) in [6.07, 6.45) is 1.07. The molecule has 1 aromatic rings. The smallest absolute Gasteiger partial charge is 0.0690 e. The van der Waals surface area contributed by atoms with Gasteiger partial charge in [-0.1, -0.05) is 29.8 Å². The first-order chi connectivity index (χ1) is 8.44. The lowest BCUT2D eigenvalue weighted by molar-refractivity contribution is 0.217. The van der Waals surface area contributed by atoms with E-state index < -0.39 is 0 Å². The van der Waals surface area contributed by atoms with Crippen LogP contribution < -0.4 is 4.90 Å². The van der Waals surface area contributed by atoms with Gasteiger partial charge in [0, 0.05) is 23.2 Å². The largest absolute Gasteiger partial charge is 0.370 e. The average Bonchev–Trinajstić information content (AvgIpc) is 2.30. The molecule has 0 radical (unpaired) electrons. The van der Waals surface area contributed by atoms with Crippen LogP contribution in [-0.2, 0) is 0 Å². The molecule has 1 unspecified atom stereocenters. The molecule has 1 fully saturated rings. The summed E-state index contributed by atoms with van der Waals surface area (Å²) in [7, 11) is 0. The molecule has 0 aromatic heterocycles. The number of rotatable bonds is 1. The van der Waals surface area contributed by atoms with Gasteiger partial charge < -0.3 is 4.90 Å². The van der Waals surface area contributed by atoms with Crippen LogP contribution >= 0.6 is 15.9 Å². The van der Waals surface area contributed by atoms with E-state index in [1.54, 1.807) is 0 Å². The lowest BCUT2D eigenvalue weighted by Crippen LogP contribution is -2.44. The fourth-order valence-electron chi connectivity index (χ4n) is 2.56. The normalized spacial score (nSPS) is 22.6. The summed E-state index contributed by atoms with van der Waals surface area (Å²) in [5, 5.41) is 9.32. The first kappa shape index (κ1) is 13.4. The summed E-state index contributed by atoms with van der Waals surface area (Å²) < 4.78 is 1.11. The highest BCUT2D eigenvalue weighted by Crippen LogP contribution is 2.37. The van der Waals surface area contributed by atoms with Crippen LogP contribution in [0.3, 0.4) is 0 Å². The number of halogens is 1. The topological polar surface area (TPSA) is 27.0 Å². The van der Waals surface area contributed by atoms with Gasteiger partial charge in [0.2, 0.25) is 0 Å². The zero-order valence-electron chi connectivity index (χ0n) is 11.2. The molecular formula is C15H19BrN2. The molecule has 1 saturated heterocycles. The maximum atomic E-state index is 9.32. The summed E-state index contributed by atoms with van der Waals surface area (Å²) in [6.45, 7) is 8.40. The van der Waals surface area contributed by atoms with Crippen LogP contribution in [0.2, 0.25) is 0 Å². The molecule has 1 atom stereocenters. The number of hydrogen-bond donors (Lipinski definition) is 0. The van der Waals surface area contributed by atoms with Crippen molar-refractivity contribution in [3.8, 4) is 6.07 Å². The monoisotopic (exact) mass is 306 g/mol. The Hall–Kier alpha value is -1.01. The molecule has 0 aliphatic carbocycles. The summed E-state index contributed by atoms with van der Waals surface area (Å²) >= 11 is 3.49. The SMILES string of the molecule is Cc1cc(Br)ccc1N1CCC(C)(C)C(C#N)C1. The number of hydrogen-bond acceptors (Lipinski definition) is 2. The van der Waals surface area contributed by atoms with E-state index in [1.165, 1.54) is 11.3 Å². The first-order valence-electron chi connectivity index (χ1n) is 6.35. The van der Waals surface area contributed by atoms with Crippen molar-refractivity contribution in [2.45, 2.75) is 27.2 Å². The van der Waals surface area contributed by atoms with E-state index in [4.69, 9.17) is 0 Å². The fraction of sp³-hybridized carbons (Fsp3) is 0.533. The van der Waals surface area contributed by atoms with E-state index in [1.807, 2.05) is 0 Å². The van der Waals surface area contributed by atoms with Gasteiger partial charge in [-0.3, -0.25) is 0 Å². The van der Waals surface area contributed by atoms with Gasteiger partial charge in [0.15, 0.2) is 0 Å². The third-order valence-corrected chi connectivity index (χ3v) is 4.52. The highest BCUT2D eigenvalue weighted by Gasteiger charge is 2.35. The van der Waals surface area contributed by atoms with Crippen molar-refractivity contribution in [1.29, 1.82) is 5.26 Å². The van der Waals surface area contributed by atoms with Crippen LogP contribution in [0.25, 0.3) is 0 Å². The van der Waals surface area contributed by atoms with Gasteiger partial charge in [-0.2, -0.15) is 5.26 Å². The highest BCUT2D eigenvalue weighted by atomic mass is 79.9. The zero-order chi connectivity index (χ0) is 13.3. The van der Waals surface area contributed by atoms with Crippen LogP contribution in [0.15, 0.2) is 22.7 Å². The standard InChI is InChI=1S/C15H19BrN2/c1-11-8-13(16)4-5-14(11)18-7-6-15(2,3)12(9-17)10-18/h4-5,8,12H,6-7,10H2,1-3H3. The molecule has 2 rings (SSSR count). The number of nitriles is 1. The molecule has 0 N–H and O–H groups in total. The van der Waals surface area contributed by atoms with E-state index >= 15 is 0 Å². The molecule has 0 spiro atoms. The summed E-state index contributed by atoms with van der Waals surface area (Å²) in [4.78, 5) is 2.35. The Bertz CT molecular complexity index is 488. The van der Waals surface area contributed by atoms with E-state index in [-0.39, 0.29) is 11.3 Å². The van der Waals surface area contributed by atoms with Gasteiger partial charge in [-0.05, 0) is 42.5 Å². The molecule has 1 aliphatic rings. The number of anilines is 1. The Kier molecular flexibility index (Phi) is 3.68. The number of aryl methyl sites for hydroxylation is 1. The zero-order valence-corrected chi connectivity index (χ0v) is 12.8. The van der Waals surface area contributed by atoms with Crippen LogP contribution in [0, 0.1) is 29.6 Å². The Balaban J connectivity index is 2.24. The molecule has 3 heteroatoms. The second kappa shape index (κ2) is 4.93. The van der Waals surface area contributed by atoms with Crippen molar-refractivity contribution in [3.05, 3.63) is 28.2 Å². The van der Waals surface area contributed by atoms with Gasteiger partial charge in [0.1, 0.15) is 0 Å². The molecule has 0 bridgehead atoms. The molecule has 1 heterocycles. The summed E-state index contributed by atoms with van der Waals surface area (Å²) in [6, 6.07) is 8.83. The second-order valence-corrected chi connectivity index (χ2v) is 6.71. The number of piperidine rings is 1. The second-order valence-electron chi connectivity index (χ2n) is 5.80. The van der Waals surface area contributed by atoms with Gasteiger partial charge in [0.25, 0.3) is 0 Å². The third-order valence-electron chi connectivity index (χ3n) is 4.03. The molecule has 18 heavy (non-hydrogen) atoms. The lowest BCUT2D eigenvalue weighted by atomic mass is 9.74. The van der Waals surface area contributed by atoms with Crippen molar-refractivity contribution in [2.24, 2.45) is 11.3 Å². The van der Waals surface area contributed by atoms with E-state index in [9.17, 15) is 5.26 Å². The van der Waals surface area contributed by atoms with Gasteiger partial charge in [-0.25, -0.2) is 0 Å². The molecule has 2 nitrogen and oxygen atoms in total.